The Hall–Kier alpha value is -1.81. The normalized spacial score (nSPS) is 20.2. The zero-order valence-corrected chi connectivity index (χ0v) is 17.7. The van der Waals surface area contributed by atoms with Crippen LogP contribution in [0.1, 0.15) is 79.7 Å². The lowest BCUT2D eigenvalue weighted by Gasteiger charge is -2.39. The maximum atomic E-state index is 11.2. The molecule has 0 unspecified atom stereocenters. The third kappa shape index (κ3) is 3.08. The highest BCUT2D eigenvalue weighted by Crippen LogP contribution is 2.55. The highest BCUT2D eigenvalue weighted by Gasteiger charge is 2.43. The molecule has 0 atom stereocenters. The molecule has 144 valence electrons. The minimum atomic E-state index is -0.870. The van der Waals surface area contributed by atoms with Gasteiger partial charge in [0.15, 0.2) is 0 Å². The van der Waals surface area contributed by atoms with E-state index < -0.39 is 5.97 Å². The van der Waals surface area contributed by atoms with E-state index >= 15 is 0 Å². The van der Waals surface area contributed by atoms with Crippen molar-refractivity contribution >= 4 is 28.0 Å². The van der Waals surface area contributed by atoms with Crippen LogP contribution >= 0.6 is 11.3 Å². The Kier molecular flexibility index (Phi) is 4.19. The molecule has 2 aromatic rings. The van der Waals surface area contributed by atoms with Crippen molar-refractivity contribution in [1.82, 2.24) is 0 Å². The molecule has 0 bridgehead atoms. The Morgan fingerprint density at radius 2 is 1.67 bits per heavy atom. The van der Waals surface area contributed by atoms with E-state index in [1.54, 1.807) is 22.6 Å². The zero-order valence-electron chi connectivity index (χ0n) is 16.9. The van der Waals surface area contributed by atoms with E-state index in [1.165, 1.54) is 36.2 Å². The van der Waals surface area contributed by atoms with Crippen molar-refractivity contribution in [3.63, 3.8) is 0 Å². The second kappa shape index (κ2) is 6.10. The second-order valence-electron chi connectivity index (χ2n) is 9.46. The van der Waals surface area contributed by atoms with Crippen LogP contribution in [-0.4, -0.2) is 17.1 Å². The van der Waals surface area contributed by atoms with Crippen LogP contribution in [0.5, 0.6) is 0 Å². The molecule has 2 aliphatic carbocycles. The molecule has 0 spiro atoms. The van der Waals surface area contributed by atoms with Crippen molar-refractivity contribution in [3.8, 4) is 0 Å². The molecule has 27 heavy (non-hydrogen) atoms. The molecule has 1 aromatic heterocycles. The Balaban J connectivity index is 1.83. The van der Waals surface area contributed by atoms with Crippen molar-refractivity contribution < 1.29 is 9.90 Å². The minimum absolute atomic E-state index is 0.214. The topological polar surface area (TPSA) is 40.5 Å². The van der Waals surface area contributed by atoms with Crippen LogP contribution in [0, 0.1) is 6.92 Å². The molecule has 4 rings (SSSR count). The molecular weight excluding hydrogens is 354 g/mol. The number of nitrogens with zero attached hydrogens (tertiary/aromatic N) is 1. The summed E-state index contributed by atoms with van der Waals surface area (Å²) in [4.78, 5) is 15.2. The van der Waals surface area contributed by atoms with Gasteiger partial charge in [0, 0.05) is 16.6 Å². The Labute approximate surface area is 166 Å². The van der Waals surface area contributed by atoms with Gasteiger partial charge in [0.25, 0.3) is 0 Å². The number of hydrogen-bond donors (Lipinski definition) is 1. The summed E-state index contributed by atoms with van der Waals surface area (Å²) in [5, 5.41) is 10.6. The third-order valence-corrected chi connectivity index (χ3v) is 7.97. The van der Waals surface area contributed by atoms with Crippen LogP contribution < -0.4 is 4.90 Å². The van der Waals surface area contributed by atoms with Gasteiger partial charge in [-0.1, -0.05) is 27.7 Å². The van der Waals surface area contributed by atoms with E-state index in [1.807, 2.05) is 23.5 Å². The van der Waals surface area contributed by atoms with Gasteiger partial charge in [0.1, 0.15) is 0 Å². The predicted octanol–water partition coefficient (Wildman–Crippen LogP) is 6.40. The third-order valence-electron chi connectivity index (χ3n) is 6.31. The zero-order chi connectivity index (χ0) is 19.6. The summed E-state index contributed by atoms with van der Waals surface area (Å²) in [5.41, 5.74) is 4.86. The molecule has 0 aliphatic heterocycles. The summed E-state index contributed by atoms with van der Waals surface area (Å²) in [7, 11) is 0. The minimum Gasteiger partial charge on any atom is -0.478 e. The first-order valence-electron chi connectivity index (χ1n) is 9.89. The van der Waals surface area contributed by atoms with Crippen molar-refractivity contribution in [2.24, 2.45) is 0 Å². The number of aromatic carboxylic acids is 1. The van der Waals surface area contributed by atoms with E-state index in [-0.39, 0.29) is 10.8 Å². The molecular formula is C23H29NO2S. The van der Waals surface area contributed by atoms with Gasteiger partial charge in [-0.05, 0) is 78.8 Å². The van der Waals surface area contributed by atoms with Gasteiger partial charge in [-0.3, -0.25) is 0 Å². The van der Waals surface area contributed by atoms with E-state index in [9.17, 15) is 9.90 Å². The fourth-order valence-electron chi connectivity index (χ4n) is 4.48. The van der Waals surface area contributed by atoms with E-state index in [4.69, 9.17) is 0 Å². The SMILES string of the molecule is Cc1c(N(c2ccc(C(=O)O)cc2)C2CC2)sc2c1C(C)(C)CCC2(C)C. The molecule has 0 radical (unpaired) electrons. The largest absolute Gasteiger partial charge is 0.478 e. The number of carboxylic acids is 1. The van der Waals surface area contributed by atoms with Crippen LogP contribution in [-0.2, 0) is 10.8 Å². The molecule has 0 saturated heterocycles. The lowest BCUT2D eigenvalue weighted by Crippen LogP contribution is -2.32. The van der Waals surface area contributed by atoms with Gasteiger partial charge < -0.3 is 10.0 Å². The lowest BCUT2D eigenvalue weighted by molar-refractivity contribution is 0.0697. The van der Waals surface area contributed by atoms with E-state index in [0.717, 1.165) is 5.69 Å². The van der Waals surface area contributed by atoms with Gasteiger partial charge in [0.2, 0.25) is 0 Å². The van der Waals surface area contributed by atoms with Crippen molar-refractivity contribution in [1.29, 1.82) is 0 Å². The molecule has 1 saturated carbocycles. The average Bonchev–Trinajstić information content (AvgIpc) is 3.36. The molecule has 1 aromatic carbocycles. The number of hydrogen-bond acceptors (Lipinski definition) is 3. The summed E-state index contributed by atoms with van der Waals surface area (Å²) >= 11 is 1.96. The van der Waals surface area contributed by atoms with Crippen LogP contribution in [0.25, 0.3) is 0 Å². The van der Waals surface area contributed by atoms with Crippen LogP contribution in [0.15, 0.2) is 24.3 Å². The first kappa shape index (κ1) is 18.5. The first-order valence-corrected chi connectivity index (χ1v) is 10.7. The number of fused-ring (bicyclic) bond motifs is 1. The second-order valence-corrected chi connectivity index (χ2v) is 10.5. The van der Waals surface area contributed by atoms with Gasteiger partial charge in [-0.15, -0.1) is 11.3 Å². The fraction of sp³-hybridized carbons (Fsp3) is 0.522. The molecule has 1 fully saturated rings. The Morgan fingerprint density at radius 3 is 2.19 bits per heavy atom. The van der Waals surface area contributed by atoms with Crippen LogP contribution in [0.2, 0.25) is 0 Å². The van der Waals surface area contributed by atoms with Crippen molar-refractivity contribution in [2.75, 3.05) is 4.90 Å². The van der Waals surface area contributed by atoms with E-state index in [0.29, 0.717) is 11.6 Å². The number of benzene rings is 1. The van der Waals surface area contributed by atoms with Gasteiger partial charge in [-0.25, -0.2) is 4.79 Å². The molecule has 4 heteroatoms. The highest BCUT2D eigenvalue weighted by molar-refractivity contribution is 7.16. The van der Waals surface area contributed by atoms with Gasteiger partial charge in [-0.2, -0.15) is 0 Å². The molecule has 2 aliphatic rings. The van der Waals surface area contributed by atoms with Crippen LogP contribution in [0.4, 0.5) is 10.7 Å². The summed E-state index contributed by atoms with van der Waals surface area (Å²) in [6.07, 6.45) is 4.86. The van der Waals surface area contributed by atoms with E-state index in [2.05, 4.69) is 39.5 Å². The van der Waals surface area contributed by atoms with Gasteiger partial charge >= 0.3 is 5.97 Å². The lowest BCUT2D eigenvalue weighted by atomic mass is 9.66. The predicted molar refractivity (Wildman–Crippen MR) is 113 cm³/mol. The van der Waals surface area contributed by atoms with Crippen LogP contribution in [0.3, 0.4) is 0 Å². The monoisotopic (exact) mass is 383 g/mol. The molecule has 0 amide bonds. The smallest absolute Gasteiger partial charge is 0.335 e. The number of anilines is 2. The maximum absolute atomic E-state index is 11.2. The Morgan fingerprint density at radius 1 is 1.07 bits per heavy atom. The standard InChI is InChI=1S/C23H29NO2S/c1-14-18-19(23(4,5)13-12-22(18,2)3)27-20(14)24(17-10-11-17)16-8-6-15(7-9-16)21(25)26/h6-9,17H,10-13H2,1-5H3,(H,25,26). The number of carboxylic acid groups (broad SMARTS) is 1. The molecule has 1 heterocycles. The average molecular weight is 384 g/mol. The summed E-state index contributed by atoms with van der Waals surface area (Å²) in [5.74, 6) is -0.870. The summed E-state index contributed by atoms with van der Waals surface area (Å²) in [6, 6.07) is 7.92. The maximum Gasteiger partial charge on any atom is 0.335 e. The Bertz CT molecular complexity index is 888. The van der Waals surface area contributed by atoms with Crippen molar-refractivity contribution in [3.05, 3.63) is 45.8 Å². The number of rotatable bonds is 4. The fourth-order valence-corrected chi connectivity index (χ4v) is 6.19. The van der Waals surface area contributed by atoms with Gasteiger partial charge in [0.05, 0.1) is 10.6 Å². The highest BCUT2D eigenvalue weighted by atomic mass is 32.1. The molecule has 1 N–H and O–H groups in total. The van der Waals surface area contributed by atoms with Crippen molar-refractivity contribution in [2.45, 2.75) is 77.2 Å². The number of thiophene rings is 1. The quantitative estimate of drug-likeness (QED) is 0.663. The summed E-state index contributed by atoms with van der Waals surface area (Å²) in [6.45, 7) is 11.8. The number of carbonyl (C=O) groups is 1. The molecule has 3 nitrogen and oxygen atoms in total. The first-order chi connectivity index (χ1) is 12.6. The summed E-state index contributed by atoms with van der Waals surface area (Å²) < 4.78 is 0.